The lowest BCUT2D eigenvalue weighted by molar-refractivity contribution is 0.0374. The maximum absolute atomic E-state index is 5.69. The molecule has 2 rings (SSSR count). The normalized spacial score (nSPS) is 22.4. The molecular formula is C11H20N4O2. The largest absolute Gasteiger partial charge is 0.493 e. The number of nitrogens with two attached hydrogens (primary N) is 1. The van der Waals surface area contributed by atoms with E-state index in [4.69, 9.17) is 15.3 Å². The Bertz CT molecular complexity index is 360. The van der Waals surface area contributed by atoms with E-state index < -0.39 is 0 Å². The van der Waals surface area contributed by atoms with Gasteiger partial charge in [-0.1, -0.05) is 0 Å². The van der Waals surface area contributed by atoms with Crippen LogP contribution in [0.5, 0.6) is 5.75 Å². The highest BCUT2D eigenvalue weighted by atomic mass is 16.5. The van der Waals surface area contributed by atoms with Crippen molar-refractivity contribution in [2.24, 2.45) is 18.8 Å². The molecule has 0 aliphatic carbocycles. The van der Waals surface area contributed by atoms with E-state index in [0.717, 1.165) is 37.5 Å². The Kier molecular flexibility index (Phi) is 3.98. The van der Waals surface area contributed by atoms with E-state index in [2.05, 4.69) is 10.5 Å². The highest BCUT2D eigenvalue weighted by Crippen LogP contribution is 2.32. The summed E-state index contributed by atoms with van der Waals surface area (Å²) in [4.78, 5) is 0. The smallest absolute Gasteiger partial charge is 0.161 e. The molecule has 1 saturated heterocycles. The van der Waals surface area contributed by atoms with Gasteiger partial charge in [0.05, 0.1) is 31.6 Å². The molecule has 2 atom stereocenters. The Labute approximate surface area is 101 Å². The van der Waals surface area contributed by atoms with Crippen LogP contribution in [0.3, 0.4) is 0 Å². The van der Waals surface area contributed by atoms with Crippen LogP contribution in [0.25, 0.3) is 0 Å². The fourth-order valence-electron chi connectivity index (χ4n) is 2.41. The topological polar surface area (TPSA) is 74.3 Å². The predicted molar refractivity (Wildman–Crippen MR) is 63.4 cm³/mol. The van der Waals surface area contributed by atoms with Gasteiger partial charge in [0.1, 0.15) is 0 Å². The zero-order valence-electron chi connectivity index (χ0n) is 10.3. The standard InChI is InChI=1S/C11H20N4O2/c1-15-11(9(16-2)6-13-15)10(14-12)8-4-3-5-17-7-8/h6,8,10,14H,3-5,7,12H2,1-2H3. The summed E-state index contributed by atoms with van der Waals surface area (Å²) in [5.74, 6) is 6.81. The Balaban J connectivity index is 2.23. The SMILES string of the molecule is COc1cnn(C)c1C(NN)C1CCCOC1. The molecule has 2 unspecified atom stereocenters. The summed E-state index contributed by atoms with van der Waals surface area (Å²) in [6.07, 6.45) is 3.88. The minimum Gasteiger partial charge on any atom is -0.493 e. The van der Waals surface area contributed by atoms with E-state index in [-0.39, 0.29) is 6.04 Å². The van der Waals surface area contributed by atoms with Gasteiger partial charge in [-0.3, -0.25) is 16.0 Å². The summed E-state index contributed by atoms with van der Waals surface area (Å²) in [5.41, 5.74) is 3.85. The average molecular weight is 240 g/mol. The molecule has 0 saturated carbocycles. The first-order valence-electron chi connectivity index (χ1n) is 5.87. The first-order chi connectivity index (χ1) is 8.27. The van der Waals surface area contributed by atoms with Crippen molar-refractivity contribution < 1.29 is 9.47 Å². The summed E-state index contributed by atoms with van der Waals surface area (Å²) >= 11 is 0. The lowest BCUT2D eigenvalue weighted by Crippen LogP contribution is -2.38. The van der Waals surface area contributed by atoms with Crippen molar-refractivity contribution in [3.63, 3.8) is 0 Å². The molecule has 1 aromatic rings. The molecule has 6 nitrogen and oxygen atoms in total. The second kappa shape index (κ2) is 5.48. The molecule has 0 radical (unpaired) electrons. The van der Waals surface area contributed by atoms with Crippen molar-refractivity contribution in [3.05, 3.63) is 11.9 Å². The van der Waals surface area contributed by atoms with Gasteiger partial charge >= 0.3 is 0 Å². The first kappa shape index (κ1) is 12.3. The van der Waals surface area contributed by atoms with Gasteiger partial charge in [0, 0.05) is 19.6 Å². The predicted octanol–water partition coefficient (Wildman–Crippen LogP) is 0.360. The molecule has 0 aromatic carbocycles. The molecule has 1 aliphatic heterocycles. The number of hydrazine groups is 1. The molecule has 0 amide bonds. The van der Waals surface area contributed by atoms with Gasteiger partial charge < -0.3 is 9.47 Å². The minimum atomic E-state index is 0.0118. The van der Waals surface area contributed by atoms with Crippen LogP contribution in [-0.2, 0) is 11.8 Å². The number of methoxy groups -OCH3 is 1. The highest BCUT2D eigenvalue weighted by molar-refractivity contribution is 5.28. The molecule has 1 aliphatic rings. The molecule has 3 N–H and O–H groups in total. The van der Waals surface area contributed by atoms with Crippen LogP contribution in [-0.4, -0.2) is 30.1 Å². The van der Waals surface area contributed by atoms with Crippen molar-refractivity contribution in [1.29, 1.82) is 0 Å². The third-order valence-corrected chi connectivity index (χ3v) is 3.31. The van der Waals surface area contributed by atoms with Crippen molar-refractivity contribution in [1.82, 2.24) is 15.2 Å². The molecule has 2 heterocycles. The molecule has 17 heavy (non-hydrogen) atoms. The molecule has 0 spiro atoms. The van der Waals surface area contributed by atoms with Crippen LogP contribution < -0.4 is 16.0 Å². The monoisotopic (exact) mass is 240 g/mol. The maximum Gasteiger partial charge on any atom is 0.161 e. The summed E-state index contributed by atoms with van der Waals surface area (Å²) < 4.78 is 12.6. The number of nitrogens with one attached hydrogen (secondary N) is 1. The first-order valence-corrected chi connectivity index (χ1v) is 5.87. The lowest BCUT2D eigenvalue weighted by atomic mass is 9.91. The van der Waals surface area contributed by atoms with Crippen molar-refractivity contribution in [3.8, 4) is 5.75 Å². The zero-order chi connectivity index (χ0) is 12.3. The Morgan fingerprint density at radius 3 is 3.12 bits per heavy atom. The van der Waals surface area contributed by atoms with E-state index in [0.29, 0.717) is 5.92 Å². The summed E-state index contributed by atoms with van der Waals surface area (Å²) in [5, 5.41) is 4.21. The fraction of sp³-hybridized carbons (Fsp3) is 0.727. The van der Waals surface area contributed by atoms with E-state index in [1.54, 1.807) is 18.0 Å². The van der Waals surface area contributed by atoms with Crippen LogP contribution in [0.15, 0.2) is 6.20 Å². The van der Waals surface area contributed by atoms with Gasteiger partial charge in [-0.25, -0.2) is 0 Å². The van der Waals surface area contributed by atoms with Gasteiger partial charge in [0.15, 0.2) is 5.75 Å². The molecule has 0 bridgehead atoms. The van der Waals surface area contributed by atoms with Gasteiger partial charge in [0.25, 0.3) is 0 Å². The molecule has 1 fully saturated rings. The second-order valence-electron chi connectivity index (χ2n) is 4.34. The summed E-state index contributed by atoms with van der Waals surface area (Å²) in [7, 11) is 3.54. The number of ether oxygens (including phenoxy) is 2. The molecule has 6 heteroatoms. The van der Waals surface area contributed by atoms with Gasteiger partial charge in [-0.15, -0.1) is 0 Å². The quantitative estimate of drug-likeness (QED) is 0.587. The number of rotatable bonds is 4. The second-order valence-corrected chi connectivity index (χ2v) is 4.34. The van der Waals surface area contributed by atoms with Crippen molar-refractivity contribution in [2.45, 2.75) is 18.9 Å². The summed E-state index contributed by atoms with van der Waals surface area (Å²) in [6, 6.07) is 0.0118. The Morgan fingerprint density at radius 1 is 1.71 bits per heavy atom. The Morgan fingerprint density at radius 2 is 2.53 bits per heavy atom. The van der Waals surface area contributed by atoms with E-state index >= 15 is 0 Å². The van der Waals surface area contributed by atoms with Crippen LogP contribution in [0.4, 0.5) is 0 Å². The van der Waals surface area contributed by atoms with Crippen molar-refractivity contribution >= 4 is 0 Å². The van der Waals surface area contributed by atoms with E-state index in [1.807, 2.05) is 7.05 Å². The number of aromatic nitrogens is 2. The lowest BCUT2D eigenvalue weighted by Gasteiger charge is -2.30. The van der Waals surface area contributed by atoms with Gasteiger partial charge in [0.2, 0.25) is 0 Å². The van der Waals surface area contributed by atoms with Crippen LogP contribution in [0.2, 0.25) is 0 Å². The van der Waals surface area contributed by atoms with Crippen LogP contribution in [0, 0.1) is 5.92 Å². The van der Waals surface area contributed by atoms with E-state index in [9.17, 15) is 0 Å². The number of hydrogen-bond acceptors (Lipinski definition) is 5. The van der Waals surface area contributed by atoms with E-state index in [1.165, 1.54) is 0 Å². The summed E-state index contributed by atoms with van der Waals surface area (Å²) in [6.45, 7) is 1.57. The third kappa shape index (κ3) is 2.43. The van der Waals surface area contributed by atoms with Gasteiger partial charge in [-0.05, 0) is 12.8 Å². The highest BCUT2D eigenvalue weighted by Gasteiger charge is 2.29. The number of hydrogen-bond donors (Lipinski definition) is 2. The van der Waals surface area contributed by atoms with Crippen LogP contribution >= 0.6 is 0 Å². The van der Waals surface area contributed by atoms with Gasteiger partial charge in [-0.2, -0.15) is 5.10 Å². The zero-order valence-corrected chi connectivity index (χ0v) is 10.3. The maximum atomic E-state index is 5.69. The molecular weight excluding hydrogens is 220 g/mol. The number of nitrogens with zero attached hydrogens (tertiary/aromatic N) is 2. The Hall–Kier alpha value is -1.11. The molecule has 1 aromatic heterocycles. The van der Waals surface area contributed by atoms with Crippen molar-refractivity contribution in [2.75, 3.05) is 20.3 Å². The number of aryl methyl sites for hydroxylation is 1. The fourth-order valence-corrected chi connectivity index (χ4v) is 2.41. The molecule has 96 valence electrons. The van der Waals surface area contributed by atoms with Crippen LogP contribution in [0.1, 0.15) is 24.6 Å². The third-order valence-electron chi connectivity index (χ3n) is 3.31. The minimum absolute atomic E-state index is 0.0118. The average Bonchev–Trinajstić information content (AvgIpc) is 2.74.